The Kier molecular flexibility index (Phi) is 18.5. The monoisotopic (exact) mass is 943 g/mol. The third-order valence-electron chi connectivity index (χ3n) is 11.9. The zero-order chi connectivity index (χ0) is 47.6. The lowest BCUT2D eigenvalue weighted by Crippen LogP contribution is -2.69. The fraction of sp³-hybridized carbons (Fsp3) is 0.382. The van der Waals surface area contributed by atoms with Gasteiger partial charge in [-0.15, -0.1) is 6.58 Å². The summed E-state index contributed by atoms with van der Waals surface area (Å²) in [5, 5.41) is 2.91. The number of benzene rings is 5. The molecule has 0 aliphatic carbocycles. The summed E-state index contributed by atoms with van der Waals surface area (Å²) in [5.41, 5.74) is 4.38. The van der Waals surface area contributed by atoms with Gasteiger partial charge in [0.05, 0.1) is 39.6 Å². The lowest BCUT2D eigenvalue weighted by molar-refractivity contribution is -0.390. The molecule has 8 rings (SSSR count). The lowest BCUT2D eigenvalue weighted by atomic mass is 9.94. The van der Waals surface area contributed by atoms with Gasteiger partial charge in [0, 0.05) is 12.5 Å². The maximum atomic E-state index is 13.8. The molecule has 14 nitrogen and oxygen atoms in total. The second-order valence-corrected chi connectivity index (χ2v) is 17.0. The zero-order valence-corrected chi connectivity index (χ0v) is 38.7. The molecule has 1 N–H and O–H groups in total. The summed E-state index contributed by atoms with van der Waals surface area (Å²) < 4.78 is 72.3. The Labute approximate surface area is 403 Å². The molecule has 0 spiro atoms. The average molecular weight is 944 g/mol. The Balaban J connectivity index is 1.15. The highest BCUT2D eigenvalue weighted by Gasteiger charge is 2.56. The van der Waals surface area contributed by atoms with Crippen molar-refractivity contribution in [1.29, 1.82) is 0 Å². The van der Waals surface area contributed by atoms with E-state index in [2.05, 4.69) is 11.9 Å². The van der Waals surface area contributed by atoms with Crippen LogP contribution in [0.4, 0.5) is 4.79 Å². The number of unbranched alkanes of at least 4 members (excludes halogenated alkanes) is 1. The van der Waals surface area contributed by atoms with Crippen molar-refractivity contribution < 1.29 is 61.7 Å². The molecule has 0 aromatic heterocycles. The molecule has 1 amide bonds. The highest BCUT2D eigenvalue weighted by Crippen LogP contribution is 2.39. The van der Waals surface area contributed by atoms with Gasteiger partial charge in [0.25, 0.3) is 0 Å². The van der Waals surface area contributed by atoms with E-state index >= 15 is 0 Å². The minimum Gasteiger partial charge on any atom is -0.457 e. The molecule has 3 fully saturated rings. The molecule has 5 aromatic rings. The van der Waals surface area contributed by atoms with E-state index in [1.54, 1.807) is 6.08 Å². The summed E-state index contributed by atoms with van der Waals surface area (Å²) >= 11 is 0. The Bertz CT molecular complexity index is 2290. The van der Waals surface area contributed by atoms with Crippen molar-refractivity contribution >= 4 is 12.1 Å². The number of alkyl carbamates (subject to hydrolysis) is 1. The van der Waals surface area contributed by atoms with E-state index < -0.39 is 79.7 Å². The van der Waals surface area contributed by atoms with Crippen LogP contribution in [0.5, 0.6) is 0 Å². The smallest absolute Gasteiger partial charge is 0.407 e. The standard InChI is InChI=1S/C55H61NO13/c1-3-4-20-31-60-53-46(56-55(58)64-35-42-27-16-8-17-28-42)49(65-38(2)57)47(44(66-53)36-59-32-39-21-10-5-11-22-39)69-54-51(62-34-41-25-14-7-15-26-41)50(61-33-40-23-12-6-13-24-40)48-45(67-54)37-63-52(68-48)43-29-18-9-19-30-43/h3,5-19,21-30,44-54H,1,4,20,31-37H2,2H3,(H,56,58)/t44-,45-,46-,47-,48-,49-,50+,51+,52?,53-,54+/m1/s1. The van der Waals surface area contributed by atoms with E-state index in [0.29, 0.717) is 12.8 Å². The lowest BCUT2D eigenvalue weighted by Gasteiger charge is -2.51. The molecule has 0 radical (unpaired) electrons. The van der Waals surface area contributed by atoms with Crippen LogP contribution in [0.25, 0.3) is 0 Å². The average Bonchev–Trinajstić information content (AvgIpc) is 3.38. The Hall–Kier alpha value is -5.78. The number of hydrogen-bond donors (Lipinski definition) is 1. The molecule has 0 saturated carbocycles. The van der Waals surface area contributed by atoms with Crippen molar-refractivity contribution in [3.63, 3.8) is 0 Å². The summed E-state index contributed by atoms with van der Waals surface area (Å²) in [6.45, 7) is 6.04. The number of rotatable bonds is 22. The summed E-state index contributed by atoms with van der Waals surface area (Å²) in [7, 11) is 0. The van der Waals surface area contributed by atoms with Crippen molar-refractivity contribution in [2.75, 3.05) is 19.8 Å². The Morgan fingerprint density at radius 3 is 1.80 bits per heavy atom. The number of ether oxygens (including phenoxy) is 11. The van der Waals surface area contributed by atoms with E-state index in [-0.39, 0.29) is 46.2 Å². The van der Waals surface area contributed by atoms with Crippen LogP contribution in [-0.4, -0.2) is 93.2 Å². The third-order valence-corrected chi connectivity index (χ3v) is 11.9. The number of carbonyl (C=O) groups is 2. The van der Waals surface area contributed by atoms with Crippen LogP contribution in [-0.2, 0) is 83.3 Å². The molecule has 1 unspecified atom stereocenters. The second kappa shape index (κ2) is 25.7. The second-order valence-electron chi connectivity index (χ2n) is 17.0. The van der Waals surface area contributed by atoms with Crippen LogP contribution in [0.1, 0.15) is 53.9 Å². The van der Waals surface area contributed by atoms with Crippen LogP contribution in [0.2, 0.25) is 0 Å². The molecule has 14 heteroatoms. The topological polar surface area (TPSA) is 148 Å². The van der Waals surface area contributed by atoms with Crippen molar-refractivity contribution in [2.24, 2.45) is 0 Å². The van der Waals surface area contributed by atoms with Crippen LogP contribution in [0.15, 0.2) is 164 Å². The molecule has 3 heterocycles. The van der Waals surface area contributed by atoms with E-state index in [9.17, 15) is 9.59 Å². The molecule has 0 bridgehead atoms. The summed E-state index contributed by atoms with van der Waals surface area (Å²) in [6, 6.07) is 47.1. The van der Waals surface area contributed by atoms with Crippen molar-refractivity contribution in [2.45, 2.75) is 114 Å². The van der Waals surface area contributed by atoms with Gasteiger partial charge in [0.1, 0.15) is 49.3 Å². The molecular formula is C55H61NO13. The third kappa shape index (κ3) is 14.2. The van der Waals surface area contributed by atoms with Gasteiger partial charge >= 0.3 is 12.1 Å². The number of fused-ring (bicyclic) bond motifs is 1. The van der Waals surface area contributed by atoms with Gasteiger partial charge < -0.3 is 57.4 Å². The van der Waals surface area contributed by atoms with Crippen LogP contribution in [0.3, 0.4) is 0 Å². The normalized spacial score (nSPS) is 26.5. The molecule has 3 aliphatic rings. The van der Waals surface area contributed by atoms with E-state index in [4.69, 9.17) is 52.1 Å². The Morgan fingerprint density at radius 1 is 0.638 bits per heavy atom. The maximum Gasteiger partial charge on any atom is 0.407 e. The number of amides is 1. The first-order valence-electron chi connectivity index (χ1n) is 23.5. The van der Waals surface area contributed by atoms with Gasteiger partial charge in [-0.3, -0.25) is 4.79 Å². The van der Waals surface area contributed by atoms with Gasteiger partial charge in [-0.05, 0) is 35.1 Å². The predicted octanol–water partition coefficient (Wildman–Crippen LogP) is 8.53. The number of esters is 1. The van der Waals surface area contributed by atoms with Gasteiger partial charge in [0.2, 0.25) is 0 Å². The van der Waals surface area contributed by atoms with Crippen molar-refractivity contribution in [3.8, 4) is 0 Å². The van der Waals surface area contributed by atoms with Crippen molar-refractivity contribution in [1.82, 2.24) is 5.32 Å². The molecule has 69 heavy (non-hydrogen) atoms. The van der Waals surface area contributed by atoms with E-state index in [1.165, 1.54) is 6.92 Å². The minimum absolute atomic E-state index is 0.0161. The first kappa shape index (κ1) is 49.6. The van der Waals surface area contributed by atoms with Gasteiger partial charge in [-0.25, -0.2) is 4.79 Å². The fourth-order valence-electron chi connectivity index (χ4n) is 8.51. The first-order chi connectivity index (χ1) is 33.9. The highest BCUT2D eigenvalue weighted by molar-refractivity contribution is 5.69. The molecule has 3 saturated heterocycles. The molecule has 5 aromatic carbocycles. The van der Waals surface area contributed by atoms with E-state index in [0.717, 1.165) is 27.8 Å². The number of nitrogens with one attached hydrogen (secondary N) is 1. The van der Waals surface area contributed by atoms with Gasteiger partial charge in [-0.1, -0.05) is 158 Å². The number of hydrogen-bond acceptors (Lipinski definition) is 13. The van der Waals surface area contributed by atoms with Crippen molar-refractivity contribution in [3.05, 3.63) is 192 Å². The molecule has 11 atom stereocenters. The molecule has 364 valence electrons. The zero-order valence-electron chi connectivity index (χ0n) is 38.7. The minimum atomic E-state index is -1.24. The quantitative estimate of drug-likeness (QED) is 0.0402. The van der Waals surface area contributed by atoms with Crippen LogP contribution >= 0.6 is 0 Å². The van der Waals surface area contributed by atoms with Gasteiger partial charge in [0.15, 0.2) is 25.0 Å². The Morgan fingerprint density at radius 2 is 1.20 bits per heavy atom. The summed E-state index contributed by atoms with van der Waals surface area (Å²) in [5.74, 6) is -0.638. The van der Waals surface area contributed by atoms with E-state index in [1.807, 2.05) is 152 Å². The highest BCUT2D eigenvalue weighted by atomic mass is 16.8. The maximum absolute atomic E-state index is 13.8. The number of carbonyl (C=O) groups excluding carboxylic acids is 2. The van der Waals surface area contributed by atoms with Crippen LogP contribution in [0, 0.1) is 0 Å². The first-order valence-corrected chi connectivity index (χ1v) is 23.5. The van der Waals surface area contributed by atoms with Crippen LogP contribution < -0.4 is 5.32 Å². The predicted molar refractivity (Wildman–Crippen MR) is 253 cm³/mol. The number of allylic oxidation sites excluding steroid dienone is 1. The summed E-state index contributed by atoms with van der Waals surface area (Å²) in [4.78, 5) is 27.1. The molecular weight excluding hydrogens is 883 g/mol. The molecule has 3 aliphatic heterocycles. The van der Waals surface area contributed by atoms with Gasteiger partial charge in [-0.2, -0.15) is 0 Å². The fourth-order valence-corrected chi connectivity index (χ4v) is 8.51. The largest absolute Gasteiger partial charge is 0.457 e. The summed E-state index contributed by atoms with van der Waals surface area (Å²) in [6.07, 6.45) is -7.29. The SMILES string of the molecule is C=CCCCO[C@@H]1O[C@H](COCc2ccccc2)[C@@H](O[C@@H]2O[C@@H]3COC(c4ccccc4)O[C@H]3[C@H](OCc3ccccc3)[C@@H]2OCc2ccccc2)[C@H](OC(C)=O)[C@H]1NC(=O)OCc1ccccc1.